The van der Waals surface area contributed by atoms with Crippen molar-refractivity contribution in [1.29, 1.82) is 0 Å². The van der Waals surface area contributed by atoms with Crippen LogP contribution in [0.15, 0.2) is 24.3 Å². The van der Waals surface area contributed by atoms with E-state index in [0.29, 0.717) is 11.1 Å². The van der Waals surface area contributed by atoms with Crippen LogP contribution in [0, 0.1) is 0 Å². The summed E-state index contributed by atoms with van der Waals surface area (Å²) < 4.78 is 9.93. The molecule has 0 heterocycles. The molecule has 0 atom stereocenters. The Morgan fingerprint density at radius 1 is 1.06 bits per heavy atom. The number of carbonyl (C=O) groups excluding carboxylic acids is 2. The van der Waals surface area contributed by atoms with Crippen LogP contribution in [0.25, 0.3) is 0 Å². The van der Waals surface area contributed by atoms with Crippen molar-refractivity contribution < 1.29 is 18.8 Å². The van der Waals surface area contributed by atoms with Crippen molar-refractivity contribution in [2.75, 3.05) is 7.11 Å². The maximum atomic E-state index is 11.8. The summed E-state index contributed by atoms with van der Waals surface area (Å²) in [6, 6.07) is 6.33. The second-order valence-electron chi connectivity index (χ2n) is 4.57. The van der Waals surface area contributed by atoms with E-state index < -0.39 is 20.3 Å². The summed E-state index contributed by atoms with van der Waals surface area (Å²) in [5.74, 6) is -0.859. The number of hydrogen-bond acceptors (Lipinski definition) is 4. The van der Waals surface area contributed by atoms with Gasteiger partial charge in [0.15, 0.2) is 0 Å². The van der Waals surface area contributed by atoms with Gasteiger partial charge in [-0.1, -0.05) is 6.07 Å². The van der Waals surface area contributed by atoms with Crippen molar-refractivity contribution in [2.24, 2.45) is 0 Å². The summed E-state index contributed by atoms with van der Waals surface area (Å²) in [5, 5.41) is 0. The molecule has 92 valence electrons. The van der Waals surface area contributed by atoms with Gasteiger partial charge < -0.3 is 9.16 Å². The average Bonchev–Trinajstić information content (AvgIpc) is 2.26. The molecule has 0 amide bonds. The molecule has 0 aromatic heterocycles. The van der Waals surface area contributed by atoms with Crippen LogP contribution in [-0.4, -0.2) is 27.4 Å². The molecular weight excluding hydrogens is 236 g/mol. The molecule has 0 radical (unpaired) electrons. The predicted molar refractivity (Wildman–Crippen MR) is 66.5 cm³/mol. The highest BCUT2D eigenvalue weighted by Crippen LogP contribution is 2.12. The Balaban J connectivity index is 2.92. The van der Waals surface area contributed by atoms with Gasteiger partial charge in [-0.15, -0.1) is 0 Å². The molecule has 0 N–H and O–H groups in total. The van der Waals surface area contributed by atoms with Crippen molar-refractivity contribution in [3.05, 3.63) is 35.4 Å². The Labute approximate surface area is 102 Å². The zero-order valence-corrected chi connectivity index (χ0v) is 11.4. The second-order valence-corrected chi connectivity index (χ2v) is 9.00. The van der Waals surface area contributed by atoms with E-state index in [1.165, 1.54) is 13.2 Å². The number of hydrogen-bond donors (Lipinski definition) is 0. The summed E-state index contributed by atoms with van der Waals surface area (Å²) in [6.45, 7) is 5.78. The quantitative estimate of drug-likeness (QED) is 0.612. The fraction of sp³-hybridized carbons (Fsp3) is 0.333. The maximum absolute atomic E-state index is 11.8. The summed E-state index contributed by atoms with van der Waals surface area (Å²) in [7, 11) is -0.621. The Hall–Kier alpha value is -1.62. The average molecular weight is 252 g/mol. The lowest BCUT2D eigenvalue weighted by atomic mass is 10.1. The van der Waals surface area contributed by atoms with E-state index in [1.54, 1.807) is 18.2 Å². The molecule has 0 fully saturated rings. The fourth-order valence-corrected chi connectivity index (χ4v) is 1.90. The molecule has 0 aliphatic rings. The van der Waals surface area contributed by atoms with Crippen LogP contribution in [0.3, 0.4) is 0 Å². The first-order valence-electron chi connectivity index (χ1n) is 5.25. The van der Waals surface area contributed by atoms with E-state index in [0.717, 1.165) is 0 Å². The topological polar surface area (TPSA) is 52.6 Å². The smallest absolute Gasteiger partial charge is 0.337 e. The van der Waals surface area contributed by atoms with E-state index in [9.17, 15) is 9.59 Å². The van der Waals surface area contributed by atoms with Crippen molar-refractivity contribution in [1.82, 2.24) is 0 Å². The zero-order valence-electron chi connectivity index (χ0n) is 10.4. The van der Waals surface area contributed by atoms with Gasteiger partial charge in [0.05, 0.1) is 18.2 Å². The van der Waals surface area contributed by atoms with E-state index in [-0.39, 0.29) is 0 Å². The molecule has 1 aromatic rings. The predicted octanol–water partition coefficient (Wildman–Crippen LogP) is 2.46. The molecule has 1 aromatic carbocycles. The third-order valence-electron chi connectivity index (χ3n) is 1.92. The number of carbonyl (C=O) groups is 2. The van der Waals surface area contributed by atoms with Gasteiger partial charge in [-0.05, 0) is 37.8 Å². The highest BCUT2D eigenvalue weighted by Gasteiger charge is 2.21. The Morgan fingerprint density at radius 2 is 1.59 bits per heavy atom. The van der Waals surface area contributed by atoms with E-state index >= 15 is 0 Å². The molecule has 0 bridgehead atoms. The van der Waals surface area contributed by atoms with Gasteiger partial charge in [0.2, 0.25) is 8.32 Å². The molecule has 0 saturated carbocycles. The van der Waals surface area contributed by atoms with Crippen LogP contribution in [0.2, 0.25) is 19.6 Å². The van der Waals surface area contributed by atoms with Crippen LogP contribution >= 0.6 is 0 Å². The summed E-state index contributed by atoms with van der Waals surface area (Å²) in [6.07, 6.45) is 0. The third kappa shape index (κ3) is 4.03. The van der Waals surface area contributed by atoms with Crippen molar-refractivity contribution >= 4 is 20.3 Å². The van der Waals surface area contributed by atoms with Crippen LogP contribution in [0.4, 0.5) is 0 Å². The molecule has 5 heteroatoms. The largest absolute Gasteiger partial charge is 0.516 e. The van der Waals surface area contributed by atoms with Gasteiger partial charge in [-0.3, -0.25) is 0 Å². The van der Waals surface area contributed by atoms with Crippen LogP contribution in [0.1, 0.15) is 20.7 Å². The van der Waals surface area contributed by atoms with Gasteiger partial charge in [0, 0.05) is 0 Å². The monoisotopic (exact) mass is 252 g/mol. The first-order chi connectivity index (χ1) is 7.83. The summed E-state index contributed by atoms with van der Waals surface area (Å²) in [5.41, 5.74) is 0.716. The van der Waals surface area contributed by atoms with Crippen LogP contribution in [-0.2, 0) is 9.16 Å². The lowest BCUT2D eigenvalue weighted by molar-refractivity contribution is 0.0600. The molecule has 0 aliphatic heterocycles. The fourth-order valence-electron chi connectivity index (χ4n) is 1.23. The van der Waals surface area contributed by atoms with E-state index in [1.807, 2.05) is 19.6 Å². The highest BCUT2D eigenvalue weighted by atomic mass is 28.4. The molecule has 0 saturated heterocycles. The second kappa shape index (κ2) is 5.14. The lowest BCUT2D eigenvalue weighted by Gasteiger charge is -2.17. The lowest BCUT2D eigenvalue weighted by Crippen LogP contribution is -2.29. The summed E-state index contributed by atoms with van der Waals surface area (Å²) >= 11 is 0. The Morgan fingerprint density at radius 3 is 2.06 bits per heavy atom. The molecule has 1 rings (SSSR count). The first-order valence-corrected chi connectivity index (χ1v) is 8.66. The standard InChI is InChI=1S/C12H16O4Si/c1-15-11(13)9-6-5-7-10(8-9)12(14)16-17(2,3)4/h5-8H,1-4H3. The minimum absolute atomic E-state index is 0.345. The Kier molecular flexibility index (Phi) is 4.06. The van der Waals surface area contributed by atoms with Gasteiger partial charge in [0.25, 0.3) is 0 Å². The number of ether oxygens (including phenoxy) is 1. The van der Waals surface area contributed by atoms with Crippen molar-refractivity contribution in [2.45, 2.75) is 19.6 Å². The van der Waals surface area contributed by atoms with E-state index in [4.69, 9.17) is 4.43 Å². The van der Waals surface area contributed by atoms with Gasteiger partial charge in [-0.25, -0.2) is 9.59 Å². The van der Waals surface area contributed by atoms with Crippen LogP contribution < -0.4 is 0 Å². The molecule has 0 unspecified atom stereocenters. The zero-order chi connectivity index (χ0) is 13.1. The third-order valence-corrected chi connectivity index (χ3v) is 2.72. The molecule has 17 heavy (non-hydrogen) atoms. The van der Waals surface area contributed by atoms with Crippen LogP contribution in [0.5, 0.6) is 0 Å². The molecule has 0 spiro atoms. The minimum atomic E-state index is -1.92. The van der Waals surface area contributed by atoms with Crippen molar-refractivity contribution in [3.8, 4) is 0 Å². The molecule has 0 aliphatic carbocycles. The number of esters is 1. The minimum Gasteiger partial charge on any atom is -0.516 e. The molecular formula is C12H16O4Si. The highest BCUT2D eigenvalue weighted by molar-refractivity contribution is 6.71. The Bertz CT molecular complexity index is 434. The normalized spacial score (nSPS) is 10.8. The van der Waals surface area contributed by atoms with Gasteiger partial charge in [0.1, 0.15) is 0 Å². The van der Waals surface area contributed by atoms with E-state index in [2.05, 4.69) is 4.74 Å². The number of rotatable bonds is 3. The number of methoxy groups -OCH3 is 1. The number of benzene rings is 1. The summed E-state index contributed by atoms with van der Waals surface area (Å²) in [4.78, 5) is 23.1. The SMILES string of the molecule is COC(=O)c1cccc(C(=O)O[Si](C)(C)C)c1. The van der Waals surface area contributed by atoms with Gasteiger partial charge in [-0.2, -0.15) is 0 Å². The van der Waals surface area contributed by atoms with Gasteiger partial charge >= 0.3 is 11.9 Å². The first kappa shape index (κ1) is 13.4. The van der Waals surface area contributed by atoms with Crippen molar-refractivity contribution in [3.63, 3.8) is 0 Å². The molecule has 4 nitrogen and oxygen atoms in total. The maximum Gasteiger partial charge on any atom is 0.337 e.